The summed E-state index contributed by atoms with van der Waals surface area (Å²) in [6, 6.07) is 7.43. The van der Waals surface area contributed by atoms with Crippen LogP contribution in [0.25, 0.3) is 11.0 Å². The normalized spacial score (nSPS) is 11.9. The van der Waals surface area contributed by atoms with E-state index in [9.17, 15) is 4.79 Å². The van der Waals surface area contributed by atoms with Crippen LogP contribution in [0.2, 0.25) is 0 Å². The lowest BCUT2D eigenvalue weighted by molar-refractivity contribution is 0.0665. The molecule has 1 aromatic heterocycles. The van der Waals surface area contributed by atoms with Crippen molar-refractivity contribution < 1.29 is 14.3 Å². The molecule has 1 N–H and O–H groups in total. The number of benzene rings is 1. The fourth-order valence-electron chi connectivity index (χ4n) is 1.77. The van der Waals surface area contributed by atoms with Crippen molar-refractivity contribution in [2.24, 2.45) is 0 Å². The van der Waals surface area contributed by atoms with Gasteiger partial charge in [-0.15, -0.1) is 0 Å². The first-order valence-corrected chi connectivity index (χ1v) is 5.71. The number of carboxylic acid groups (broad SMARTS) is 1. The minimum Gasteiger partial charge on any atom is -0.475 e. The minimum absolute atomic E-state index is 0.00791. The van der Waals surface area contributed by atoms with E-state index >= 15 is 0 Å². The van der Waals surface area contributed by atoms with Crippen molar-refractivity contribution in [2.45, 2.75) is 32.6 Å². The van der Waals surface area contributed by atoms with Crippen LogP contribution < -0.4 is 0 Å². The van der Waals surface area contributed by atoms with Gasteiger partial charge in [0.25, 0.3) is 0 Å². The maximum atomic E-state index is 10.8. The Kier molecular flexibility index (Phi) is 2.69. The van der Waals surface area contributed by atoms with Crippen LogP contribution in [-0.2, 0) is 5.41 Å². The second kappa shape index (κ2) is 3.91. The maximum absolute atomic E-state index is 10.8. The highest BCUT2D eigenvalue weighted by Gasteiger charge is 2.19. The van der Waals surface area contributed by atoms with Crippen LogP contribution in [0.4, 0.5) is 0 Å². The van der Waals surface area contributed by atoms with Gasteiger partial charge >= 0.3 is 5.97 Å². The molecule has 0 saturated heterocycles. The first kappa shape index (κ1) is 11.7. The number of furan rings is 1. The van der Waals surface area contributed by atoms with Gasteiger partial charge in [-0.05, 0) is 35.6 Å². The van der Waals surface area contributed by atoms with Crippen LogP contribution in [0.3, 0.4) is 0 Å². The largest absolute Gasteiger partial charge is 0.475 e. The van der Waals surface area contributed by atoms with Crippen LogP contribution in [0.15, 0.2) is 28.7 Å². The molecule has 0 aliphatic carbocycles. The molecule has 0 fully saturated rings. The summed E-state index contributed by atoms with van der Waals surface area (Å²) in [5.41, 5.74) is 1.91. The van der Waals surface area contributed by atoms with E-state index in [1.54, 1.807) is 6.07 Å². The molecular weight excluding hydrogens is 216 g/mol. The van der Waals surface area contributed by atoms with E-state index in [2.05, 4.69) is 20.8 Å². The minimum atomic E-state index is -1.03. The topological polar surface area (TPSA) is 50.4 Å². The lowest BCUT2D eigenvalue weighted by Gasteiger charge is -2.23. The van der Waals surface area contributed by atoms with Crippen molar-refractivity contribution in [3.05, 3.63) is 35.6 Å². The smallest absolute Gasteiger partial charge is 0.371 e. The lowest BCUT2D eigenvalue weighted by atomic mass is 9.82. The maximum Gasteiger partial charge on any atom is 0.371 e. The molecule has 17 heavy (non-hydrogen) atoms. The zero-order chi connectivity index (χ0) is 12.6. The molecule has 90 valence electrons. The fourth-order valence-corrected chi connectivity index (χ4v) is 1.77. The monoisotopic (exact) mass is 232 g/mol. The average molecular weight is 232 g/mol. The summed E-state index contributed by atoms with van der Waals surface area (Å²) in [7, 11) is 0. The molecule has 0 unspecified atom stereocenters. The zero-order valence-corrected chi connectivity index (χ0v) is 10.3. The van der Waals surface area contributed by atoms with Gasteiger partial charge in [-0.3, -0.25) is 0 Å². The third kappa shape index (κ3) is 2.05. The van der Waals surface area contributed by atoms with Gasteiger partial charge < -0.3 is 9.52 Å². The van der Waals surface area contributed by atoms with E-state index in [-0.39, 0.29) is 11.2 Å². The SMILES string of the molecule is CCC(C)(C)c1ccc2oc(C(=O)O)cc2c1. The Hall–Kier alpha value is -1.77. The van der Waals surface area contributed by atoms with Crippen LogP contribution in [0, 0.1) is 0 Å². The van der Waals surface area contributed by atoms with E-state index in [1.165, 1.54) is 5.56 Å². The molecule has 0 bridgehead atoms. The van der Waals surface area contributed by atoms with Gasteiger partial charge in [-0.1, -0.05) is 26.8 Å². The third-order valence-corrected chi connectivity index (χ3v) is 3.39. The number of hydrogen-bond acceptors (Lipinski definition) is 2. The first-order chi connectivity index (χ1) is 7.94. The highest BCUT2D eigenvalue weighted by molar-refractivity contribution is 5.91. The third-order valence-electron chi connectivity index (χ3n) is 3.39. The Balaban J connectivity index is 2.54. The van der Waals surface area contributed by atoms with E-state index in [1.807, 2.05) is 18.2 Å². The van der Waals surface area contributed by atoms with E-state index in [0.717, 1.165) is 11.8 Å². The summed E-state index contributed by atoms with van der Waals surface area (Å²) >= 11 is 0. The van der Waals surface area contributed by atoms with Gasteiger partial charge in [0.15, 0.2) is 0 Å². The molecule has 3 heteroatoms. The number of hydrogen-bond donors (Lipinski definition) is 1. The van der Waals surface area contributed by atoms with Gasteiger partial charge in [-0.25, -0.2) is 4.79 Å². The van der Waals surface area contributed by atoms with Gasteiger partial charge in [0.2, 0.25) is 5.76 Å². The predicted octanol–water partition coefficient (Wildman–Crippen LogP) is 3.82. The van der Waals surface area contributed by atoms with E-state index in [4.69, 9.17) is 9.52 Å². The van der Waals surface area contributed by atoms with Gasteiger partial charge in [0.1, 0.15) is 5.58 Å². The Morgan fingerprint density at radius 1 is 1.35 bits per heavy atom. The van der Waals surface area contributed by atoms with E-state index < -0.39 is 5.97 Å². The van der Waals surface area contributed by atoms with Crippen molar-refractivity contribution in [2.75, 3.05) is 0 Å². The molecule has 1 aromatic carbocycles. The molecule has 1 heterocycles. The molecule has 0 radical (unpaired) electrons. The molecular formula is C14H16O3. The first-order valence-electron chi connectivity index (χ1n) is 5.71. The molecule has 0 saturated carbocycles. The van der Waals surface area contributed by atoms with Gasteiger partial charge in [0, 0.05) is 5.39 Å². The summed E-state index contributed by atoms with van der Waals surface area (Å²) in [6.45, 7) is 6.49. The van der Waals surface area contributed by atoms with Crippen LogP contribution in [0.5, 0.6) is 0 Å². The Labute approximate surface area is 100 Å². The molecule has 0 spiro atoms. The second-order valence-electron chi connectivity index (χ2n) is 4.91. The van der Waals surface area contributed by atoms with Crippen LogP contribution in [0.1, 0.15) is 43.3 Å². The summed E-state index contributed by atoms with van der Waals surface area (Å²) in [6.07, 6.45) is 1.03. The highest BCUT2D eigenvalue weighted by atomic mass is 16.4. The second-order valence-corrected chi connectivity index (χ2v) is 4.91. The lowest BCUT2D eigenvalue weighted by Crippen LogP contribution is -2.14. The summed E-state index contributed by atoms with van der Waals surface area (Å²) in [4.78, 5) is 10.8. The quantitative estimate of drug-likeness (QED) is 0.875. The van der Waals surface area contributed by atoms with Gasteiger partial charge in [0.05, 0.1) is 0 Å². The molecule has 3 nitrogen and oxygen atoms in total. The molecule has 0 aliphatic heterocycles. The Bertz CT molecular complexity index is 564. The number of carboxylic acids is 1. The average Bonchev–Trinajstić information content (AvgIpc) is 2.71. The zero-order valence-electron chi connectivity index (χ0n) is 10.3. The van der Waals surface area contributed by atoms with Crippen molar-refractivity contribution in [3.63, 3.8) is 0 Å². The standard InChI is InChI=1S/C14H16O3/c1-4-14(2,3)10-5-6-11-9(7-10)8-12(17-11)13(15)16/h5-8H,4H2,1-3H3,(H,15,16). The summed E-state index contributed by atoms with van der Waals surface area (Å²) in [5, 5.41) is 9.72. The van der Waals surface area contributed by atoms with Crippen molar-refractivity contribution in [3.8, 4) is 0 Å². The number of fused-ring (bicyclic) bond motifs is 1. The summed E-state index contributed by atoms with van der Waals surface area (Å²) < 4.78 is 5.23. The molecule has 2 aromatic rings. The van der Waals surface area contributed by atoms with E-state index in [0.29, 0.717) is 5.58 Å². The molecule has 0 atom stereocenters. The Morgan fingerprint density at radius 2 is 2.06 bits per heavy atom. The molecule has 2 rings (SSSR count). The summed E-state index contributed by atoms with van der Waals surface area (Å²) in [5.74, 6) is -1.04. The number of aromatic carboxylic acids is 1. The number of carbonyl (C=O) groups is 1. The molecule has 0 aliphatic rings. The van der Waals surface area contributed by atoms with Crippen molar-refractivity contribution in [1.82, 2.24) is 0 Å². The van der Waals surface area contributed by atoms with Crippen LogP contribution >= 0.6 is 0 Å². The van der Waals surface area contributed by atoms with Gasteiger partial charge in [-0.2, -0.15) is 0 Å². The molecule has 0 amide bonds. The van der Waals surface area contributed by atoms with Crippen molar-refractivity contribution >= 4 is 16.9 Å². The van der Waals surface area contributed by atoms with Crippen molar-refractivity contribution in [1.29, 1.82) is 0 Å². The highest BCUT2D eigenvalue weighted by Crippen LogP contribution is 2.30. The number of rotatable bonds is 3. The van der Waals surface area contributed by atoms with Crippen LogP contribution in [-0.4, -0.2) is 11.1 Å². The predicted molar refractivity (Wildman–Crippen MR) is 66.5 cm³/mol. The Morgan fingerprint density at radius 3 is 2.65 bits per heavy atom. The fraction of sp³-hybridized carbons (Fsp3) is 0.357.